The zero-order valence-electron chi connectivity index (χ0n) is 14.3. The minimum atomic E-state index is -4.92. The number of carbonyl (C=O) groups is 1. The number of para-hydroxylation sites is 1. The second kappa shape index (κ2) is 8.22. The first-order valence-electron chi connectivity index (χ1n) is 8.04. The standard InChI is InChI=1S/C16H17F4N5O.ClH/c1-21-8-10-6-7-24(9-10)15(26)13-14(16(18,19)20)25(23-22-13)12-5-3-2-4-11(12)17;/h2-5,10,21H,6-9H2,1H3;1H. The van der Waals surface area contributed by atoms with E-state index in [0.717, 1.165) is 12.1 Å². The van der Waals surface area contributed by atoms with Gasteiger partial charge in [0.2, 0.25) is 0 Å². The highest BCUT2D eigenvalue weighted by molar-refractivity contribution is 5.93. The fourth-order valence-electron chi connectivity index (χ4n) is 3.09. The summed E-state index contributed by atoms with van der Waals surface area (Å²) in [5.41, 5.74) is -2.60. The quantitative estimate of drug-likeness (QED) is 0.791. The number of rotatable bonds is 4. The maximum atomic E-state index is 13.9. The van der Waals surface area contributed by atoms with Crippen molar-refractivity contribution in [1.29, 1.82) is 0 Å². The van der Waals surface area contributed by atoms with E-state index in [2.05, 4.69) is 15.6 Å². The summed E-state index contributed by atoms with van der Waals surface area (Å²) >= 11 is 0. The Balaban J connectivity index is 0.00000261. The van der Waals surface area contributed by atoms with Crippen molar-refractivity contribution in [3.05, 3.63) is 41.5 Å². The molecular weight excluding hydrogens is 390 g/mol. The molecule has 1 aromatic heterocycles. The van der Waals surface area contributed by atoms with Crippen LogP contribution in [0.25, 0.3) is 5.69 Å². The van der Waals surface area contributed by atoms with Gasteiger partial charge in [-0.3, -0.25) is 4.79 Å². The summed E-state index contributed by atoms with van der Waals surface area (Å²) in [6.45, 7) is 1.34. The Morgan fingerprint density at radius 3 is 2.67 bits per heavy atom. The second-order valence-corrected chi connectivity index (χ2v) is 6.11. The van der Waals surface area contributed by atoms with Crippen molar-refractivity contribution >= 4 is 18.3 Å². The number of nitrogens with zero attached hydrogens (tertiary/aromatic N) is 4. The number of nitrogens with one attached hydrogen (secondary N) is 1. The molecule has 0 aliphatic carbocycles. The van der Waals surface area contributed by atoms with E-state index in [-0.39, 0.29) is 18.3 Å². The molecule has 11 heteroatoms. The van der Waals surface area contributed by atoms with Gasteiger partial charge in [0, 0.05) is 13.1 Å². The van der Waals surface area contributed by atoms with Crippen LogP contribution in [0.4, 0.5) is 17.6 Å². The molecule has 6 nitrogen and oxygen atoms in total. The van der Waals surface area contributed by atoms with Gasteiger partial charge in [0.25, 0.3) is 5.91 Å². The molecule has 0 saturated carbocycles. The summed E-state index contributed by atoms with van der Waals surface area (Å²) < 4.78 is 55.1. The van der Waals surface area contributed by atoms with Crippen molar-refractivity contribution < 1.29 is 22.4 Å². The number of carbonyl (C=O) groups excluding carboxylic acids is 1. The Hall–Kier alpha value is -2.20. The Kier molecular flexibility index (Phi) is 6.42. The highest BCUT2D eigenvalue weighted by atomic mass is 35.5. The van der Waals surface area contributed by atoms with Gasteiger partial charge >= 0.3 is 6.18 Å². The third-order valence-corrected chi connectivity index (χ3v) is 4.29. The molecule has 1 fully saturated rings. The van der Waals surface area contributed by atoms with E-state index in [1.165, 1.54) is 17.0 Å². The Labute approximate surface area is 158 Å². The van der Waals surface area contributed by atoms with Crippen LogP contribution in [0.1, 0.15) is 22.6 Å². The lowest BCUT2D eigenvalue weighted by Gasteiger charge is -2.17. The minimum Gasteiger partial charge on any atom is -0.337 e. The largest absolute Gasteiger partial charge is 0.435 e. The molecule has 3 rings (SSSR count). The number of halogens is 5. The molecule has 1 aliphatic heterocycles. The van der Waals surface area contributed by atoms with Crippen LogP contribution in [0.15, 0.2) is 24.3 Å². The maximum absolute atomic E-state index is 13.9. The SMILES string of the molecule is CNCC1CCN(C(=O)c2nnn(-c3ccccc3F)c2C(F)(F)F)C1.Cl. The highest BCUT2D eigenvalue weighted by Gasteiger charge is 2.44. The molecule has 1 aromatic carbocycles. The first kappa shape index (κ1) is 21.1. The Morgan fingerprint density at radius 2 is 2.04 bits per heavy atom. The molecule has 2 heterocycles. The van der Waals surface area contributed by atoms with Crippen LogP contribution in [0.3, 0.4) is 0 Å². The van der Waals surface area contributed by atoms with Gasteiger partial charge < -0.3 is 10.2 Å². The number of hydrogen-bond donors (Lipinski definition) is 1. The van der Waals surface area contributed by atoms with Crippen LogP contribution >= 0.6 is 12.4 Å². The summed E-state index contributed by atoms with van der Waals surface area (Å²) in [7, 11) is 1.77. The van der Waals surface area contributed by atoms with Crippen LogP contribution in [0, 0.1) is 11.7 Å². The second-order valence-electron chi connectivity index (χ2n) is 6.11. The van der Waals surface area contributed by atoms with E-state index < -0.39 is 35.0 Å². The number of amides is 1. The van der Waals surface area contributed by atoms with Gasteiger partial charge in [0.05, 0.1) is 0 Å². The number of hydrogen-bond acceptors (Lipinski definition) is 4. The van der Waals surface area contributed by atoms with Gasteiger partial charge in [-0.15, -0.1) is 17.5 Å². The van der Waals surface area contributed by atoms with E-state index in [9.17, 15) is 22.4 Å². The van der Waals surface area contributed by atoms with Crippen molar-refractivity contribution in [3.8, 4) is 5.69 Å². The topological polar surface area (TPSA) is 63.1 Å². The normalized spacial score (nSPS) is 17.1. The van der Waals surface area contributed by atoms with E-state index in [0.29, 0.717) is 30.7 Å². The lowest BCUT2D eigenvalue weighted by molar-refractivity contribution is -0.143. The molecular formula is C16H18ClF4N5O. The molecule has 1 N–H and O–H groups in total. The van der Waals surface area contributed by atoms with Crippen LogP contribution in [-0.4, -0.2) is 52.5 Å². The molecule has 1 aliphatic rings. The van der Waals surface area contributed by atoms with Crippen LogP contribution < -0.4 is 5.32 Å². The Morgan fingerprint density at radius 1 is 1.33 bits per heavy atom. The predicted molar refractivity (Wildman–Crippen MR) is 91.5 cm³/mol. The van der Waals surface area contributed by atoms with Gasteiger partial charge in [-0.2, -0.15) is 13.2 Å². The molecule has 0 radical (unpaired) electrons. The molecule has 0 spiro atoms. The minimum absolute atomic E-state index is 0. The van der Waals surface area contributed by atoms with Gasteiger partial charge in [-0.25, -0.2) is 9.07 Å². The summed E-state index contributed by atoms with van der Waals surface area (Å²) in [6.07, 6.45) is -4.23. The fraction of sp³-hybridized carbons (Fsp3) is 0.438. The maximum Gasteiger partial charge on any atom is 0.435 e. The average Bonchev–Trinajstić information content (AvgIpc) is 3.21. The summed E-state index contributed by atoms with van der Waals surface area (Å²) in [5.74, 6) is -1.57. The number of alkyl halides is 3. The van der Waals surface area contributed by atoms with Gasteiger partial charge in [-0.1, -0.05) is 17.3 Å². The van der Waals surface area contributed by atoms with E-state index in [4.69, 9.17) is 0 Å². The fourth-order valence-corrected chi connectivity index (χ4v) is 3.09. The number of likely N-dealkylation sites (tertiary alicyclic amines) is 1. The third kappa shape index (κ3) is 4.22. The predicted octanol–water partition coefficient (Wildman–Crippen LogP) is 2.53. The van der Waals surface area contributed by atoms with E-state index >= 15 is 0 Å². The van der Waals surface area contributed by atoms with Crippen molar-refractivity contribution in [2.75, 3.05) is 26.7 Å². The molecule has 1 atom stereocenters. The third-order valence-electron chi connectivity index (χ3n) is 4.29. The molecule has 148 valence electrons. The van der Waals surface area contributed by atoms with Crippen molar-refractivity contribution in [1.82, 2.24) is 25.2 Å². The lowest BCUT2D eigenvalue weighted by atomic mass is 10.1. The zero-order valence-corrected chi connectivity index (χ0v) is 15.1. The smallest absolute Gasteiger partial charge is 0.337 e. The zero-order chi connectivity index (χ0) is 18.9. The summed E-state index contributed by atoms with van der Waals surface area (Å²) in [5, 5.41) is 9.83. The van der Waals surface area contributed by atoms with Crippen molar-refractivity contribution in [3.63, 3.8) is 0 Å². The van der Waals surface area contributed by atoms with Crippen LogP contribution in [-0.2, 0) is 6.18 Å². The van der Waals surface area contributed by atoms with Crippen LogP contribution in [0.5, 0.6) is 0 Å². The van der Waals surface area contributed by atoms with Gasteiger partial charge in [-0.05, 0) is 38.1 Å². The number of benzene rings is 1. The van der Waals surface area contributed by atoms with Crippen molar-refractivity contribution in [2.24, 2.45) is 5.92 Å². The Bertz CT molecular complexity index is 810. The molecule has 2 aromatic rings. The molecule has 27 heavy (non-hydrogen) atoms. The first-order valence-corrected chi connectivity index (χ1v) is 8.04. The summed E-state index contributed by atoms with van der Waals surface area (Å²) in [4.78, 5) is 13.9. The lowest BCUT2D eigenvalue weighted by Crippen LogP contribution is -2.32. The first-order chi connectivity index (χ1) is 12.3. The monoisotopic (exact) mass is 407 g/mol. The molecule has 0 bridgehead atoms. The highest BCUT2D eigenvalue weighted by Crippen LogP contribution is 2.34. The average molecular weight is 408 g/mol. The molecule has 1 saturated heterocycles. The van der Waals surface area contributed by atoms with Crippen LogP contribution in [0.2, 0.25) is 0 Å². The number of aromatic nitrogens is 3. The molecule has 1 unspecified atom stereocenters. The van der Waals surface area contributed by atoms with E-state index in [1.54, 1.807) is 7.05 Å². The van der Waals surface area contributed by atoms with Gasteiger partial charge in [0.1, 0.15) is 11.5 Å². The van der Waals surface area contributed by atoms with Crippen molar-refractivity contribution in [2.45, 2.75) is 12.6 Å². The van der Waals surface area contributed by atoms with E-state index in [1.807, 2.05) is 0 Å². The summed E-state index contributed by atoms with van der Waals surface area (Å²) in [6, 6.07) is 4.89. The van der Waals surface area contributed by atoms with Gasteiger partial charge in [0.15, 0.2) is 11.4 Å². The molecule has 1 amide bonds.